The molecule has 0 saturated heterocycles. The van der Waals surface area contributed by atoms with Gasteiger partial charge < -0.3 is 4.42 Å². The molecule has 0 radical (unpaired) electrons. The van der Waals surface area contributed by atoms with Crippen LogP contribution in [0.25, 0.3) is 0 Å². The number of nitrogens with one attached hydrogen (secondary N) is 1. The summed E-state index contributed by atoms with van der Waals surface area (Å²) >= 11 is 0. The zero-order valence-corrected chi connectivity index (χ0v) is 11.7. The molecule has 0 unspecified atom stereocenters. The summed E-state index contributed by atoms with van der Waals surface area (Å²) < 4.78 is 28.6. The molecule has 9 heteroatoms. The monoisotopic (exact) mass is 309 g/mol. The first-order valence-corrected chi connectivity index (χ1v) is 7.22. The third-order valence-electron chi connectivity index (χ3n) is 2.49. The predicted molar refractivity (Wildman–Crippen MR) is 74.5 cm³/mol. The number of nitro groups is 1. The van der Waals surface area contributed by atoms with Crippen molar-refractivity contribution in [1.29, 1.82) is 0 Å². The lowest BCUT2D eigenvalue weighted by Gasteiger charge is -2.02. The maximum absolute atomic E-state index is 11.9. The molecule has 0 aliphatic rings. The number of nitrogens with zero attached hydrogens (tertiary/aromatic N) is 2. The van der Waals surface area contributed by atoms with Crippen LogP contribution in [0, 0.1) is 17.0 Å². The maximum Gasteiger partial charge on any atom is 0.433 e. The summed E-state index contributed by atoms with van der Waals surface area (Å²) in [5.74, 6) is -0.383. The van der Waals surface area contributed by atoms with E-state index in [0.717, 1.165) is 17.8 Å². The van der Waals surface area contributed by atoms with Gasteiger partial charge in [-0.2, -0.15) is 18.4 Å². The van der Waals surface area contributed by atoms with Crippen molar-refractivity contribution >= 4 is 22.1 Å². The van der Waals surface area contributed by atoms with Crippen molar-refractivity contribution in [1.82, 2.24) is 4.83 Å². The number of aryl methyl sites for hydroxylation is 1. The molecule has 2 aromatic rings. The van der Waals surface area contributed by atoms with Crippen LogP contribution in [0.3, 0.4) is 0 Å². The molecule has 0 atom stereocenters. The van der Waals surface area contributed by atoms with Gasteiger partial charge in [0, 0.05) is 0 Å². The largest absolute Gasteiger partial charge is 0.433 e. The van der Waals surface area contributed by atoms with Gasteiger partial charge in [-0.3, -0.25) is 10.1 Å². The van der Waals surface area contributed by atoms with Gasteiger partial charge in [0.2, 0.25) is 0 Å². The molecule has 2 rings (SSSR count). The Bertz CT molecular complexity index is 777. The van der Waals surface area contributed by atoms with Gasteiger partial charge in [0.05, 0.1) is 17.2 Å². The number of rotatable bonds is 5. The minimum Gasteiger partial charge on any atom is -0.400 e. The van der Waals surface area contributed by atoms with Crippen LogP contribution in [-0.2, 0) is 10.0 Å². The summed E-state index contributed by atoms with van der Waals surface area (Å²) in [6.45, 7) is 1.84. The minimum absolute atomic E-state index is 0.0632. The highest BCUT2D eigenvalue weighted by Crippen LogP contribution is 2.14. The highest BCUT2D eigenvalue weighted by molar-refractivity contribution is 7.89. The highest BCUT2D eigenvalue weighted by Gasteiger charge is 2.13. The Balaban J connectivity index is 2.08. The van der Waals surface area contributed by atoms with E-state index in [1.165, 1.54) is 18.2 Å². The fourth-order valence-electron chi connectivity index (χ4n) is 1.44. The van der Waals surface area contributed by atoms with Crippen LogP contribution in [0.5, 0.6) is 0 Å². The van der Waals surface area contributed by atoms with Crippen molar-refractivity contribution in [3.05, 3.63) is 57.8 Å². The van der Waals surface area contributed by atoms with Crippen LogP contribution in [0.1, 0.15) is 11.3 Å². The summed E-state index contributed by atoms with van der Waals surface area (Å²) in [7, 11) is -3.78. The molecule has 1 aromatic carbocycles. The van der Waals surface area contributed by atoms with Gasteiger partial charge in [0.25, 0.3) is 10.0 Å². The van der Waals surface area contributed by atoms with E-state index in [-0.39, 0.29) is 10.7 Å². The lowest BCUT2D eigenvalue weighted by Crippen LogP contribution is -2.18. The van der Waals surface area contributed by atoms with Crippen molar-refractivity contribution in [3.8, 4) is 0 Å². The van der Waals surface area contributed by atoms with Crippen molar-refractivity contribution in [2.24, 2.45) is 5.10 Å². The fourth-order valence-corrected chi connectivity index (χ4v) is 2.23. The van der Waals surface area contributed by atoms with Gasteiger partial charge in [-0.25, -0.2) is 0 Å². The molecule has 0 spiro atoms. The molecule has 0 saturated carbocycles. The Labute approximate surface area is 120 Å². The van der Waals surface area contributed by atoms with Gasteiger partial charge in [-0.05, 0) is 25.1 Å². The predicted octanol–water partition coefficient (Wildman–Crippen LogP) is 1.81. The summed E-state index contributed by atoms with van der Waals surface area (Å²) in [6, 6.07) is 8.68. The molecule has 110 valence electrons. The number of hydrogen-bond acceptors (Lipinski definition) is 6. The van der Waals surface area contributed by atoms with Gasteiger partial charge in [-0.1, -0.05) is 17.7 Å². The smallest absolute Gasteiger partial charge is 0.400 e. The molecule has 1 N–H and O–H groups in total. The first-order valence-electron chi connectivity index (χ1n) is 5.74. The number of hydrogen-bond donors (Lipinski definition) is 1. The minimum atomic E-state index is -3.78. The van der Waals surface area contributed by atoms with Crippen molar-refractivity contribution in [3.63, 3.8) is 0 Å². The van der Waals surface area contributed by atoms with E-state index in [2.05, 4.69) is 5.10 Å². The molecule has 0 bridgehead atoms. The molecule has 21 heavy (non-hydrogen) atoms. The topological polar surface area (TPSA) is 115 Å². The Morgan fingerprint density at radius 2 is 1.90 bits per heavy atom. The maximum atomic E-state index is 11.9. The summed E-state index contributed by atoms with van der Waals surface area (Å²) in [4.78, 5) is 11.8. The first-order chi connectivity index (χ1) is 9.88. The zero-order chi connectivity index (χ0) is 15.5. The van der Waals surface area contributed by atoms with Gasteiger partial charge in [0.1, 0.15) is 4.92 Å². The van der Waals surface area contributed by atoms with E-state index in [1.807, 2.05) is 11.8 Å². The average Bonchev–Trinajstić information content (AvgIpc) is 2.88. The van der Waals surface area contributed by atoms with Crippen LogP contribution >= 0.6 is 0 Å². The Morgan fingerprint density at radius 3 is 2.48 bits per heavy atom. The third-order valence-corrected chi connectivity index (χ3v) is 3.73. The van der Waals surface area contributed by atoms with Gasteiger partial charge in [-0.15, -0.1) is 0 Å². The quantitative estimate of drug-likeness (QED) is 0.514. The van der Waals surface area contributed by atoms with Crippen molar-refractivity contribution in [2.75, 3.05) is 0 Å². The van der Waals surface area contributed by atoms with E-state index in [4.69, 9.17) is 4.42 Å². The SMILES string of the molecule is Cc1ccc(S(=O)(=O)N/N=C/c2ccc([N+](=O)[O-])o2)cc1. The highest BCUT2D eigenvalue weighted by atomic mass is 32.2. The zero-order valence-electron chi connectivity index (χ0n) is 10.9. The molecule has 1 heterocycles. The van der Waals surface area contributed by atoms with Crippen LogP contribution in [0.15, 0.2) is 50.8 Å². The number of furan rings is 1. The average molecular weight is 309 g/mol. The van der Waals surface area contributed by atoms with E-state index in [1.54, 1.807) is 12.1 Å². The van der Waals surface area contributed by atoms with Crippen LogP contribution in [0.4, 0.5) is 5.88 Å². The number of sulfonamides is 1. The second kappa shape index (κ2) is 5.75. The Hall–Kier alpha value is -2.68. The van der Waals surface area contributed by atoms with Gasteiger partial charge >= 0.3 is 5.88 Å². The fraction of sp³-hybridized carbons (Fsp3) is 0.0833. The molecular weight excluding hydrogens is 298 g/mol. The summed E-state index contributed by atoms with van der Waals surface area (Å²) in [5, 5.41) is 13.9. The second-order valence-corrected chi connectivity index (χ2v) is 5.76. The van der Waals surface area contributed by atoms with Crippen LogP contribution in [0.2, 0.25) is 0 Å². The lowest BCUT2D eigenvalue weighted by molar-refractivity contribution is -0.402. The van der Waals surface area contributed by atoms with E-state index < -0.39 is 20.8 Å². The molecule has 0 amide bonds. The molecular formula is C12H11N3O5S. The van der Waals surface area contributed by atoms with Crippen LogP contribution < -0.4 is 4.83 Å². The Kier molecular flexibility index (Phi) is 4.03. The van der Waals surface area contributed by atoms with E-state index in [0.29, 0.717) is 0 Å². The van der Waals surface area contributed by atoms with Crippen molar-refractivity contribution in [2.45, 2.75) is 11.8 Å². The first kappa shape index (κ1) is 14.7. The molecule has 1 aromatic heterocycles. The van der Waals surface area contributed by atoms with Crippen molar-refractivity contribution < 1.29 is 17.8 Å². The summed E-state index contributed by atoms with van der Waals surface area (Å²) in [5.41, 5.74) is 0.931. The van der Waals surface area contributed by atoms with E-state index in [9.17, 15) is 18.5 Å². The molecule has 0 aliphatic carbocycles. The molecule has 0 aliphatic heterocycles. The molecule has 8 nitrogen and oxygen atoms in total. The number of benzene rings is 1. The standard InChI is InChI=1S/C12H11N3O5S/c1-9-2-5-11(6-3-9)21(18,19)14-13-8-10-4-7-12(20-10)15(16)17/h2-8,14H,1H3/b13-8+. The van der Waals surface area contributed by atoms with Gasteiger partial charge in [0.15, 0.2) is 5.76 Å². The van der Waals surface area contributed by atoms with E-state index >= 15 is 0 Å². The Morgan fingerprint density at radius 1 is 1.24 bits per heavy atom. The summed E-state index contributed by atoms with van der Waals surface area (Å²) in [6.07, 6.45) is 1.04. The normalized spacial score (nSPS) is 11.7. The third kappa shape index (κ3) is 3.66. The number of hydrazone groups is 1. The second-order valence-electron chi connectivity index (χ2n) is 4.10. The lowest BCUT2D eigenvalue weighted by atomic mass is 10.2. The van der Waals surface area contributed by atoms with Crippen LogP contribution in [-0.4, -0.2) is 19.6 Å². The molecule has 0 fully saturated rings.